The predicted molar refractivity (Wildman–Crippen MR) is 164 cm³/mol. The fourth-order valence-electron chi connectivity index (χ4n) is 6.78. The van der Waals surface area contributed by atoms with E-state index in [4.69, 9.17) is 14.2 Å². The zero-order valence-electron chi connectivity index (χ0n) is 26.2. The van der Waals surface area contributed by atoms with Gasteiger partial charge in [0.1, 0.15) is 18.2 Å². The van der Waals surface area contributed by atoms with Crippen molar-refractivity contribution in [3.63, 3.8) is 0 Å². The highest BCUT2D eigenvalue weighted by atomic mass is 16.6. The molecule has 2 amide bonds. The Kier molecular flexibility index (Phi) is 8.33. The van der Waals surface area contributed by atoms with Crippen molar-refractivity contribution in [2.45, 2.75) is 83.5 Å². The molecule has 5 heterocycles. The number of hydrogen-bond donors (Lipinski definition) is 1. The van der Waals surface area contributed by atoms with Gasteiger partial charge in [-0.15, -0.1) is 0 Å². The molecule has 2 aromatic heterocycles. The summed E-state index contributed by atoms with van der Waals surface area (Å²) in [4.78, 5) is 43.2. The van der Waals surface area contributed by atoms with Crippen LogP contribution in [0.3, 0.4) is 0 Å². The lowest BCUT2D eigenvalue weighted by molar-refractivity contribution is -0.110. The average molecular weight is 606 g/mol. The van der Waals surface area contributed by atoms with Gasteiger partial charge in [-0.3, -0.25) is 14.3 Å². The van der Waals surface area contributed by atoms with Crippen molar-refractivity contribution in [3.8, 4) is 0 Å². The van der Waals surface area contributed by atoms with Crippen molar-refractivity contribution in [1.82, 2.24) is 29.3 Å². The Morgan fingerprint density at radius 1 is 1.07 bits per heavy atom. The number of anilines is 1. The first kappa shape index (κ1) is 30.4. The molecule has 1 spiro atoms. The molecule has 0 unspecified atom stereocenters. The quantitative estimate of drug-likeness (QED) is 0.415. The fraction of sp³-hybridized carbons (Fsp3) is 0.594. The maximum Gasteiger partial charge on any atom is 0.410 e. The van der Waals surface area contributed by atoms with Gasteiger partial charge in [-0.1, -0.05) is 25.1 Å². The summed E-state index contributed by atoms with van der Waals surface area (Å²) in [6.45, 7) is 13.6. The van der Waals surface area contributed by atoms with Gasteiger partial charge in [0.2, 0.25) is 0 Å². The van der Waals surface area contributed by atoms with E-state index >= 15 is 0 Å². The van der Waals surface area contributed by atoms with Crippen LogP contribution in [0.2, 0.25) is 0 Å². The molecule has 3 aliphatic rings. The number of rotatable bonds is 7. The molecule has 3 aliphatic heterocycles. The first-order valence-corrected chi connectivity index (χ1v) is 15.6. The van der Waals surface area contributed by atoms with Crippen LogP contribution in [0.1, 0.15) is 70.5 Å². The lowest BCUT2D eigenvalue weighted by Gasteiger charge is -2.57. The van der Waals surface area contributed by atoms with E-state index in [0.29, 0.717) is 42.2 Å². The number of hydrogen-bond acceptors (Lipinski definition) is 9. The molecule has 3 saturated heterocycles. The molecular formula is C32H43N7O5. The van der Waals surface area contributed by atoms with Crippen LogP contribution in [0.4, 0.5) is 10.6 Å². The number of nitrogens with one attached hydrogen (secondary N) is 1. The number of piperidine rings is 1. The van der Waals surface area contributed by atoms with E-state index in [9.17, 15) is 9.59 Å². The lowest BCUT2D eigenvalue weighted by Crippen LogP contribution is -2.66. The maximum atomic E-state index is 12.8. The molecule has 236 valence electrons. The van der Waals surface area contributed by atoms with E-state index < -0.39 is 5.60 Å². The number of carbonyl (C=O) groups is 2. The van der Waals surface area contributed by atoms with Crippen LogP contribution in [0.25, 0.3) is 11.2 Å². The minimum Gasteiger partial charge on any atom is -0.444 e. The number of imidazole rings is 1. The third-order valence-corrected chi connectivity index (χ3v) is 9.17. The van der Waals surface area contributed by atoms with Crippen molar-refractivity contribution in [3.05, 3.63) is 48.5 Å². The first-order chi connectivity index (χ1) is 21.1. The Bertz CT molecular complexity index is 1480. The highest BCUT2D eigenvalue weighted by molar-refractivity contribution is 6.06. The van der Waals surface area contributed by atoms with E-state index in [1.165, 1.54) is 6.33 Å². The third-order valence-electron chi connectivity index (χ3n) is 9.17. The summed E-state index contributed by atoms with van der Waals surface area (Å²) in [5.41, 5.74) is 1.20. The minimum atomic E-state index is -0.500. The van der Waals surface area contributed by atoms with Gasteiger partial charge >= 0.3 is 6.09 Å². The smallest absolute Gasteiger partial charge is 0.410 e. The fourth-order valence-corrected chi connectivity index (χ4v) is 6.78. The van der Waals surface area contributed by atoms with Crippen LogP contribution in [0.5, 0.6) is 0 Å². The van der Waals surface area contributed by atoms with Crippen LogP contribution in [0.15, 0.2) is 43.0 Å². The van der Waals surface area contributed by atoms with Crippen LogP contribution >= 0.6 is 0 Å². The summed E-state index contributed by atoms with van der Waals surface area (Å²) in [6.07, 6.45) is 5.25. The molecule has 44 heavy (non-hydrogen) atoms. The largest absolute Gasteiger partial charge is 0.444 e. The molecular weight excluding hydrogens is 562 g/mol. The van der Waals surface area contributed by atoms with E-state index in [2.05, 4.69) is 32.1 Å². The van der Waals surface area contributed by atoms with Crippen LogP contribution in [-0.2, 0) is 14.2 Å². The van der Waals surface area contributed by atoms with Gasteiger partial charge < -0.3 is 24.4 Å². The second-order valence-electron chi connectivity index (χ2n) is 13.1. The molecule has 0 aliphatic carbocycles. The molecule has 6 rings (SSSR count). The Balaban J connectivity index is 1.15. The standard InChI is InChI=1S/C32H43N7O5/c1-6-42-25-21(2)29(39-20-35-24-26(33-19-34-27(24)39)36-28(40)22-10-8-7-9-11-22)43-23(25)18-38-17-14-32(38)12-15-37(16-13-32)30(41)44-31(3,4)5/h7-11,19-21,23,25,29H,6,12-18H2,1-5H3,(H,33,34,36,40)/t21-,23-,25+,29-/m1/s1. The minimum absolute atomic E-state index is 0.0286. The van der Waals surface area contributed by atoms with Gasteiger partial charge in [0.05, 0.1) is 18.5 Å². The van der Waals surface area contributed by atoms with E-state index in [0.717, 1.165) is 32.4 Å². The topological polar surface area (TPSA) is 124 Å². The van der Waals surface area contributed by atoms with Crippen LogP contribution in [-0.4, -0.2) is 97.5 Å². The van der Waals surface area contributed by atoms with Crippen molar-refractivity contribution in [2.24, 2.45) is 5.92 Å². The lowest BCUT2D eigenvalue weighted by atomic mass is 9.76. The van der Waals surface area contributed by atoms with Gasteiger partial charge in [-0.25, -0.2) is 19.7 Å². The highest BCUT2D eigenvalue weighted by Gasteiger charge is 2.51. The number of nitrogens with zero attached hydrogens (tertiary/aromatic N) is 6. The SMILES string of the molecule is CCO[C@H]1[C@@H](C)[C@H](n2cnc3c(NC(=O)c4ccccc4)ncnc32)O[C@@H]1CN1CCC12CCN(C(=O)OC(C)(C)C)CC2. The van der Waals surface area contributed by atoms with Crippen molar-refractivity contribution in [1.29, 1.82) is 0 Å². The first-order valence-electron chi connectivity index (χ1n) is 15.6. The zero-order chi connectivity index (χ0) is 31.1. The maximum absolute atomic E-state index is 12.8. The second kappa shape index (κ2) is 12.1. The van der Waals surface area contributed by atoms with Crippen LogP contribution < -0.4 is 5.32 Å². The monoisotopic (exact) mass is 605 g/mol. The van der Waals surface area contributed by atoms with Crippen molar-refractivity contribution >= 4 is 29.0 Å². The van der Waals surface area contributed by atoms with Gasteiger partial charge in [0.15, 0.2) is 17.0 Å². The number of amides is 2. The average Bonchev–Trinajstić information content (AvgIpc) is 3.56. The molecule has 1 aromatic carbocycles. The normalized spacial score (nSPS) is 25.2. The summed E-state index contributed by atoms with van der Waals surface area (Å²) >= 11 is 0. The van der Waals surface area contributed by atoms with Crippen LogP contribution in [0, 0.1) is 5.92 Å². The number of aromatic nitrogens is 4. The summed E-state index contributed by atoms with van der Waals surface area (Å²) in [5.74, 6) is 0.120. The number of fused-ring (bicyclic) bond motifs is 1. The predicted octanol–water partition coefficient (Wildman–Crippen LogP) is 4.49. The van der Waals surface area contributed by atoms with Gasteiger partial charge in [0, 0.05) is 49.8 Å². The van der Waals surface area contributed by atoms with E-state index in [1.807, 2.05) is 55.4 Å². The Hall–Kier alpha value is -3.61. The Labute approximate surface area is 258 Å². The number of ether oxygens (including phenoxy) is 3. The Morgan fingerprint density at radius 3 is 2.45 bits per heavy atom. The molecule has 0 bridgehead atoms. The molecule has 12 heteroatoms. The number of likely N-dealkylation sites (tertiary alicyclic amines) is 2. The molecule has 0 radical (unpaired) electrons. The van der Waals surface area contributed by atoms with Gasteiger partial charge in [-0.2, -0.15) is 0 Å². The summed E-state index contributed by atoms with van der Waals surface area (Å²) in [7, 11) is 0. The van der Waals surface area contributed by atoms with Crippen molar-refractivity contribution in [2.75, 3.05) is 38.1 Å². The summed E-state index contributed by atoms with van der Waals surface area (Å²) < 4.78 is 20.6. The second-order valence-corrected chi connectivity index (χ2v) is 13.1. The third kappa shape index (κ3) is 5.90. The molecule has 3 fully saturated rings. The van der Waals surface area contributed by atoms with Gasteiger partial charge in [-0.05, 0) is 59.1 Å². The van der Waals surface area contributed by atoms with E-state index in [-0.39, 0.29) is 41.9 Å². The molecule has 3 aromatic rings. The number of benzene rings is 1. The molecule has 4 atom stereocenters. The van der Waals surface area contributed by atoms with Crippen molar-refractivity contribution < 1.29 is 23.8 Å². The van der Waals surface area contributed by atoms with E-state index in [1.54, 1.807) is 18.5 Å². The zero-order valence-corrected chi connectivity index (χ0v) is 26.2. The van der Waals surface area contributed by atoms with Gasteiger partial charge in [0.25, 0.3) is 5.91 Å². The molecule has 12 nitrogen and oxygen atoms in total. The summed E-state index contributed by atoms with van der Waals surface area (Å²) in [6, 6.07) is 9.00. The summed E-state index contributed by atoms with van der Waals surface area (Å²) in [5, 5.41) is 2.88. The molecule has 0 saturated carbocycles. The highest BCUT2D eigenvalue weighted by Crippen LogP contribution is 2.44. The molecule has 1 N–H and O–H groups in total. The number of carbonyl (C=O) groups excluding carboxylic acids is 2. The Morgan fingerprint density at radius 2 is 1.80 bits per heavy atom.